The van der Waals surface area contributed by atoms with Gasteiger partial charge < -0.3 is 25.3 Å². The third-order valence-electron chi connectivity index (χ3n) is 7.13. The smallest absolute Gasteiger partial charge is 0.307 e. The first kappa shape index (κ1) is 29.9. The van der Waals surface area contributed by atoms with Crippen molar-refractivity contribution >= 4 is 46.8 Å². The molecule has 0 bridgehead atoms. The summed E-state index contributed by atoms with van der Waals surface area (Å²) in [4.78, 5) is 32.4. The second kappa shape index (κ2) is 12.9. The predicted octanol–water partition coefficient (Wildman–Crippen LogP) is 3.27. The van der Waals surface area contributed by atoms with Crippen LogP contribution in [-0.2, 0) is 33.5 Å². The van der Waals surface area contributed by atoms with Crippen LogP contribution in [-0.4, -0.2) is 58.4 Å². The van der Waals surface area contributed by atoms with Gasteiger partial charge >= 0.3 is 5.97 Å². The maximum atomic E-state index is 13.7. The van der Waals surface area contributed by atoms with Gasteiger partial charge in [0.05, 0.1) is 30.6 Å². The summed E-state index contributed by atoms with van der Waals surface area (Å²) in [6.45, 7) is 6.30. The summed E-state index contributed by atoms with van der Waals surface area (Å²) in [5.74, 6) is 0.596. The number of aryl methyl sites for hydroxylation is 1. The summed E-state index contributed by atoms with van der Waals surface area (Å²) in [5, 5.41) is 14.3. The Labute approximate surface area is 235 Å². The molecule has 1 atom stereocenters. The van der Waals surface area contributed by atoms with E-state index < -0.39 is 5.54 Å². The van der Waals surface area contributed by atoms with Crippen molar-refractivity contribution in [3.8, 4) is 0 Å². The number of amides is 1. The molecule has 39 heavy (non-hydrogen) atoms. The number of fused-ring (bicyclic) bond motifs is 1. The molecule has 0 saturated carbocycles. The Hall–Kier alpha value is -3.63. The average molecular weight is 556 g/mol. The van der Waals surface area contributed by atoms with Gasteiger partial charge in [0.1, 0.15) is 17.2 Å². The number of imidazole rings is 1. The van der Waals surface area contributed by atoms with Gasteiger partial charge in [0.25, 0.3) is 0 Å². The third-order valence-corrected chi connectivity index (χ3v) is 7.13. The predicted molar refractivity (Wildman–Crippen MR) is 155 cm³/mol. The number of aromatic nitrogens is 2. The number of amidine groups is 1. The van der Waals surface area contributed by atoms with Gasteiger partial charge in [0.15, 0.2) is 0 Å². The fourth-order valence-electron chi connectivity index (χ4n) is 4.85. The summed E-state index contributed by atoms with van der Waals surface area (Å²) < 4.78 is 7.09. The first-order valence-electron chi connectivity index (χ1n) is 13.1. The highest BCUT2D eigenvalue weighted by molar-refractivity contribution is 5.95. The van der Waals surface area contributed by atoms with Crippen LogP contribution in [0.3, 0.4) is 0 Å². The topological polar surface area (TPSA) is 138 Å². The van der Waals surface area contributed by atoms with E-state index in [9.17, 15) is 9.59 Å². The first-order valence-corrected chi connectivity index (χ1v) is 13.1. The highest BCUT2D eigenvalue weighted by atomic mass is 35.5. The number of nitrogens with one attached hydrogen (secondary N) is 3. The van der Waals surface area contributed by atoms with Crippen molar-refractivity contribution in [2.75, 3.05) is 31.6 Å². The van der Waals surface area contributed by atoms with E-state index in [-0.39, 0.29) is 36.5 Å². The number of ether oxygens (including phenoxy) is 1. The third kappa shape index (κ3) is 6.69. The molecule has 1 aromatic heterocycles. The van der Waals surface area contributed by atoms with Crippen molar-refractivity contribution in [3.63, 3.8) is 0 Å². The van der Waals surface area contributed by atoms with E-state index in [4.69, 9.17) is 20.9 Å². The number of esters is 1. The molecule has 1 amide bonds. The van der Waals surface area contributed by atoms with E-state index in [1.807, 2.05) is 53.8 Å². The summed E-state index contributed by atoms with van der Waals surface area (Å²) in [6.07, 6.45) is 2.18. The summed E-state index contributed by atoms with van der Waals surface area (Å²) >= 11 is 0. The zero-order valence-electron chi connectivity index (χ0n) is 22.8. The molecule has 210 valence electrons. The number of hydrogen-bond donors (Lipinski definition) is 4. The van der Waals surface area contributed by atoms with Gasteiger partial charge in [-0.2, -0.15) is 0 Å². The fraction of sp³-hybridized carbons (Fsp3) is 0.429. The molecule has 1 unspecified atom stereocenters. The van der Waals surface area contributed by atoms with E-state index in [0.29, 0.717) is 25.3 Å². The minimum Gasteiger partial charge on any atom is -0.466 e. The molecule has 1 aliphatic heterocycles. The minimum absolute atomic E-state index is 0. The maximum Gasteiger partial charge on any atom is 0.307 e. The summed E-state index contributed by atoms with van der Waals surface area (Å²) in [7, 11) is 1.97. The normalized spacial score (nSPS) is 14.5. The van der Waals surface area contributed by atoms with Crippen molar-refractivity contribution in [1.82, 2.24) is 19.8 Å². The molecular formula is C28H38ClN7O3. The molecule has 5 N–H and O–H groups in total. The number of nitrogen functional groups attached to an aromatic ring is 1. The molecule has 0 radical (unpaired) electrons. The van der Waals surface area contributed by atoms with Gasteiger partial charge in [0, 0.05) is 37.9 Å². The fourth-order valence-corrected chi connectivity index (χ4v) is 4.85. The summed E-state index contributed by atoms with van der Waals surface area (Å²) in [5.41, 5.74) is 8.68. The number of rotatable bonds is 11. The molecule has 4 rings (SSSR count). The highest BCUT2D eigenvalue weighted by Crippen LogP contribution is 2.29. The zero-order chi connectivity index (χ0) is 27.3. The van der Waals surface area contributed by atoms with E-state index in [1.54, 1.807) is 19.1 Å². The van der Waals surface area contributed by atoms with Crippen molar-refractivity contribution in [2.24, 2.45) is 12.8 Å². The second-order valence-corrected chi connectivity index (χ2v) is 9.74. The first-order chi connectivity index (χ1) is 18.2. The van der Waals surface area contributed by atoms with Gasteiger partial charge in [-0.05, 0) is 68.7 Å². The number of hydrogen-bond acceptors (Lipinski definition) is 7. The van der Waals surface area contributed by atoms with Crippen molar-refractivity contribution < 1.29 is 14.3 Å². The number of nitrogens with two attached hydrogens (primary N) is 1. The number of halogens is 1. The molecule has 2 aromatic carbocycles. The van der Waals surface area contributed by atoms with Crippen molar-refractivity contribution in [3.05, 3.63) is 59.4 Å². The lowest BCUT2D eigenvalue weighted by atomic mass is 9.89. The molecule has 2 heterocycles. The molecule has 1 fully saturated rings. The van der Waals surface area contributed by atoms with Crippen LogP contribution in [0.4, 0.5) is 5.69 Å². The van der Waals surface area contributed by atoms with Gasteiger partial charge in [-0.25, -0.2) is 4.98 Å². The van der Waals surface area contributed by atoms with E-state index in [0.717, 1.165) is 54.0 Å². The van der Waals surface area contributed by atoms with Crippen LogP contribution in [0.25, 0.3) is 11.0 Å². The maximum absolute atomic E-state index is 13.7. The Kier molecular flexibility index (Phi) is 9.93. The molecule has 1 saturated heterocycles. The standard InChI is InChI=1S/C28H37N7O3.ClH/c1-4-38-25(36)13-14-32-28(2,27(37)35-15-5-6-16-35)20-9-12-23-22(17-20)33-24(34(23)3)18-31-21-10-7-19(8-11-21)26(29)30;/h7-12,17,31-32H,4-6,13-16,18H2,1-3H3,(H3,29,30);1H. The second-order valence-electron chi connectivity index (χ2n) is 9.74. The van der Waals surface area contributed by atoms with E-state index >= 15 is 0 Å². The van der Waals surface area contributed by atoms with Crippen molar-refractivity contribution in [2.45, 2.75) is 45.2 Å². The molecule has 0 spiro atoms. The van der Waals surface area contributed by atoms with Gasteiger partial charge in [-0.1, -0.05) is 6.07 Å². The Morgan fingerprint density at radius 1 is 1.15 bits per heavy atom. The molecule has 10 nitrogen and oxygen atoms in total. The van der Waals surface area contributed by atoms with Crippen LogP contribution in [0, 0.1) is 5.41 Å². The SMILES string of the molecule is CCOC(=O)CCNC(C)(C(=O)N1CCCC1)c1ccc2c(c1)nc(CNc1ccc(C(=N)N)cc1)n2C.Cl. The number of nitrogens with zero attached hydrogens (tertiary/aromatic N) is 3. The lowest BCUT2D eigenvalue weighted by Crippen LogP contribution is -2.53. The monoisotopic (exact) mass is 555 g/mol. The van der Waals surface area contributed by atoms with Crippen LogP contribution in [0.5, 0.6) is 0 Å². The lowest BCUT2D eigenvalue weighted by Gasteiger charge is -2.34. The van der Waals surface area contributed by atoms with Gasteiger partial charge in [-0.3, -0.25) is 20.3 Å². The molecule has 11 heteroatoms. The quantitative estimate of drug-likeness (QED) is 0.162. The number of benzene rings is 2. The van der Waals surface area contributed by atoms with Gasteiger partial charge in [-0.15, -0.1) is 12.4 Å². The Bertz CT molecular complexity index is 1320. The number of carbonyl (C=O) groups is 2. The van der Waals surface area contributed by atoms with Crippen LogP contribution < -0.4 is 16.4 Å². The Morgan fingerprint density at radius 2 is 1.85 bits per heavy atom. The number of likely N-dealkylation sites (tertiary alicyclic amines) is 1. The Morgan fingerprint density at radius 3 is 2.49 bits per heavy atom. The van der Waals surface area contributed by atoms with Crippen LogP contribution in [0.1, 0.15) is 50.1 Å². The Balaban J connectivity index is 0.00000420. The lowest BCUT2D eigenvalue weighted by molar-refractivity contribution is -0.144. The van der Waals surface area contributed by atoms with Gasteiger partial charge in [0.2, 0.25) is 5.91 Å². The molecule has 3 aromatic rings. The zero-order valence-corrected chi connectivity index (χ0v) is 23.6. The van der Waals surface area contributed by atoms with E-state index in [1.165, 1.54) is 0 Å². The van der Waals surface area contributed by atoms with Crippen molar-refractivity contribution in [1.29, 1.82) is 5.41 Å². The van der Waals surface area contributed by atoms with E-state index in [2.05, 4.69) is 10.6 Å². The van der Waals surface area contributed by atoms with Crippen LogP contribution in [0.15, 0.2) is 42.5 Å². The number of carbonyl (C=O) groups excluding carboxylic acids is 2. The molecule has 1 aliphatic rings. The molecule has 0 aliphatic carbocycles. The minimum atomic E-state index is -1.00. The average Bonchev–Trinajstić information content (AvgIpc) is 3.55. The highest BCUT2D eigenvalue weighted by Gasteiger charge is 2.39. The summed E-state index contributed by atoms with van der Waals surface area (Å²) in [6, 6.07) is 13.3. The van der Waals surface area contributed by atoms with Crippen LogP contribution >= 0.6 is 12.4 Å². The largest absolute Gasteiger partial charge is 0.466 e. The van der Waals surface area contributed by atoms with Crippen LogP contribution in [0.2, 0.25) is 0 Å². The number of anilines is 1. The molecular weight excluding hydrogens is 518 g/mol.